The lowest BCUT2D eigenvalue weighted by Gasteiger charge is -2.14. The van der Waals surface area contributed by atoms with Gasteiger partial charge in [-0.25, -0.2) is 0 Å². The number of aromatic hydroxyl groups is 1. The van der Waals surface area contributed by atoms with Crippen LogP contribution >= 0.6 is 23.4 Å². The monoisotopic (exact) mass is 436 g/mol. The molecule has 1 saturated carbocycles. The van der Waals surface area contributed by atoms with E-state index in [4.69, 9.17) is 11.6 Å². The topological polar surface area (TPSA) is 44.6 Å². The smallest absolute Gasteiger partial charge is 0.123 e. The van der Waals surface area contributed by atoms with E-state index in [1.165, 1.54) is 29.1 Å². The fraction of sp³-hybridized carbons (Fsp3) is 0.240. The van der Waals surface area contributed by atoms with Crippen LogP contribution in [-0.2, 0) is 6.42 Å². The van der Waals surface area contributed by atoms with Crippen LogP contribution in [0.5, 0.6) is 5.75 Å². The molecule has 30 heavy (non-hydrogen) atoms. The highest BCUT2D eigenvalue weighted by molar-refractivity contribution is 7.99. The maximum Gasteiger partial charge on any atom is 0.123 e. The standard InChI is InChI=1S/C25H25ClN2OS/c1-27-23-14-21(20-4-2-3-5-25(20)29)22(26)15-24(23)28-13-12-17-8-10-19(11-9-17)30-16-18-6-7-18/h2-5,8-11,14-15,18,28-29H,1,6-7,12-13,16H2. The number of hydrogen-bond acceptors (Lipinski definition) is 4. The molecule has 2 N–H and O–H groups in total. The zero-order valence-corrected chi connectivity index (χ0v) is 18.3. The number of nitrogens with zero attached hydrogens (tertiary/aromatic N) is 1. The molecule has 0 aliphatic heterocycles. The molecule has 154 valence electrons. The number of rotatable bonds is 9. The lowest BCUT2D eigenvalue weighted by atomic mass is 10.0. The second-order valence-electron chi connectivity index (χ2n) is 7.60. The lowest BCUT2D eigenvalue weighted by molar-refractivity contribution is 0.477. The molecule has 1 aliphatic carbocycles. The summed E-state index contributed by atoms with van der Waals surface area (Å²) in [4.78, 5) is 5.50. The van der Waals surface area contributed by atoms with Crippen LogP contribution < -0.4 is 5.32 Å². The molecule has 4 rings (SSSR count). The molecule has 1 fully saturated rings. The summed E-state index contributed by atoms with van der Waals surface area (Å²) in [6, 6.07) is 19.7. The highest BCUT2D eigenvalue weighted by Crippen LogP contribution is 2.40. The number of halogens is 1. The van der Waals surface area contributed by atoms with Gasteiger partial charge in [-0.1, -0.05) is 41.9 Å². The molecular formula is C25H25ClN2OS. The van der Waals surface area contributed by atoms with Crippen molar-refractivity contribution in [3.05, 3.63) is 71.2 Å². The second kappa shape index (κ2) is 9.59. The SMILES string of the molecule is C=Nc1cc(-c2ccccc2O)c(Cl)cc1NCCc1ccc(SCC2CC2)cc1. The first-order valence-corrected chi connectivity index (χ1v) is 11.5. The minimum atomic E-state index is 0.189. The Labute approximate surface area is 187 Å². The number of phenols is 1. The van der Waals surface area contributed by atoms with E-state index >= 15 is 0 Å². The van der Waals surface area contributed by atoms with Gasteiger partial charge < -0.3 is 10.4 Å². The average molecular weight is 437 g/mol. The van der Waals surface area contributed by atoms with Crippen molar-refractivity contribution in [3.8, 4) is 16.9 Å². The quantitative estimate of drug-likeness (QED) is 0.275. The van der Waals surface area contributed by atoms with Gasteiger partial charge in [0.2, 0.25) is 0 Å². The summed E-state index contributed by atoms with van der Waals surface area (Å²) in [6.07, 6.45) is 3.70. The molecule has 0 radical (unpaired) electrons. The van der Waals surface area contributed by atoms with Gasteiger partial charge in [-0.15, -0.1) is 11.8 Å². The highest BCUT2D eigenvalue weighted by atomic mass is 35.5. The van der Waals surface area contributed by atoms with Gasteiger partial charge in [0.05, 0.1) is 16.4 Å². The third-order valence-electron chi connectivity index (χ3n) is 5.29. The molecule has 3 aromatic rings. The Morgan fingerprint density at radius 3 is 2.53 bits per heavy atom. The summed E-state index contributed by atoms with van der Waals surface area (Å²) in [5.41, 5.74) is 4.26. The fourth-order valence-corrected chi connectivity index (χ4v) is 4.69. The molecule has 0 saturated heterocycles. The van der Waals surface area contributed by atoms with Gasteiger partial charge in [0, 0.05) is 28.3 Å². The van der Waals surface area contributed by atoms with Crippen LogP contribution in [0.25, 0.3) is 11.1 Å². The maximum absolute atomic E-state index is 10.1. The molecule has 3 nitrogen and oxygen atoms in total. The Kier molecular flexibility index (Phi) is 6.66. The zero-order chi connectivity index (χ0) is 20.9. The van der Waals surface area contributed by atoms with Crippen LogP contribution in [0.2, 0.25) is 5.02 Å². The van der Waals surface area contributed by atoms with Crippen LogP contribution in [0.4, 0.5) is 11.4 Å². The van der Waals surface area contributed by atoms with Crippen LogP contribution in [-0.4, -0.2) is 24.1 Å². The van der Waals surface area contributed by atoms with E-state index in [0.717, 1.165) is 30.1 Å². The van der Waals surface area contributed by atoms with Crippen LogP contribution in [0.15, 0.2) is 70.6 Å². The molecule has 0 spiro atoms. The molecule has 0 atom stereocenters. The summed E-state index contributed by atoms with van der Waals surface area (Å²) in [7, 11) is 0. The summed E-state index contributed by atoms with van der Waals surface area (Å²) in [5.74, 6) is 2.37. The van der Waals surface area contributed by atoms with Crippen molar-refractivity contribution in [2.45, 2.75) is 24.2 Å². The molecule has 0 amide bonds. The number of nitrogens with one attached hydrogen (secondary N) is 1. The first-order valence-electron chi connectivity index (χ1n) is 10.2. The summed E-state index contributed by atoms with van der Waals surface area (Å²) < 4.78 is 0. The fourth-order valence-electron chi connectivity index (χ4n) is 3.33. The second-order valence-corrected chi connectivity index (χ2v) is 9.10. The summed E-state index contributed by atoms with van der Waals surface area (Å²) in [6.45, 7) is 4.46. The first-order chi connectivity index (χ1) is 14.6. The van der Waals surface area contributed by atoms with Gasteiger partial charge in [0.15, 0.2) is 0 Å². The summed E-state index contributed by atoms with van der Waals surface area (Å²) >= 11 is 8.48. The van der Waals surface area contributed by atoms with Crippen molar-refractivity contribution in [2.24, 2.45) is 10.9 Å². The Bertz CT molecular complexity index is 1030. The minimum absolute atomic E-state index is 0.189. The number of aliphatic imine (C=N–C) groups is 1. The van der Waals surface area contributed by atoms with Gasteiger partial charge in [0.25, 0.3) is 0 Å². The van der Waals surface area contributed by atoms with Crippen molar-refractivity contribution in [2.75, 3.05) is 17.6 Å². The van der Waals surface area contributed by atoms with Gasteiger partial charge in [0.1, 0.15) is 5.75 Å². The van der Waals surface area contributed by atoms with Crippen molar-refractivity contribution < 1.29 is 5.11 Å². The minimum Gasteiger partial charge on any atom is -0.507 e. The van der Waals surface area contributed by atoms with Crippen molar-refractivity contribution >= 4 is 41.5 Å². The molecule has 5 heteroatoms. The van der Waals surface area contributed by atoms with Crippen LogP contribution in [0.3, 0.4) is 0 Å². The van der Waals surface area contributed by atoms with Gasteiger partial charge in [-0.3, -0.25) is 4.99 Å². The van der Waals surface area contributed by atoms with Crippen molar-refractivity contribution in [1.82, 2.24) is 0 Å². The third-order valence-corrected chi connectivity index (χ3v) is 6.84. The highest BCUT2D eigenvalue weighted by Gasteiger charge is 2.20. The number of para-hydroxylation sites is 1. The lowest BCUT2D eigenvalue weighted by Crippen LogP contribution is -2.05. The van der Waals surface area contributed by atoms with E-state index in [2.05, 4.69) is 41.3 Å². The van der Waals surface area contributed by atoms with Crippen molar-refractivity contribution in [1.29, 1.82) is 0 Å². The van der Waals surface area contributed by atoms with Gasteiger partial charge in [-0.05, 0) is 67.8 Å². The third kappa shape index (κ3) is 5.18. The predicted octanol–water partition coefficient (Wildman–Crippen LogP) is 7.20. The van der Waals surface area contributed by atoms with E-state index in [0.29, 0.717) is 16.3 Å². The maximum atomic E-state index is 10.1. The van der Waals surface area contributed by atoms with Crippen molar-refractivity contribution in [3.63, 3.8) is 0 Å². The molecular weight excluding hydrogens is 412 g/mol. The van der Waals surface area contributed by atoms with E-state index < -0.39 is 0 Å². The number of phenolic OH excluding ortho intramolecular Hbond substituents is 1. The Morgan fingerprint density at radius 1 is 1.07 bits per heavy atom. The van der Waals surface area contributed by atoms with E-state index in [9.17, 15) is 5.11 Å². The normalized spacial score (nSPS) is 13.2. The molecule has 0 aromatic heterocycles. The number of hydrogen-bond donors (Lipinski definition) is 2. The average Bonchev–Trinajstić information content (AvgIpc) is 3.59. The largest absolute Gasteiger partial charge is 0.507 e. The first kappa shape index (κ1) is 20.8. The Morgan fingerprint density at radius 2 is 1.83 bits per heavy atom. The Balaban J connectivity index is 1.40. The Hall–Kier alpha value is -2.43. The molecule has 3 aromatic carbocycles. The summed E-state index contributed by atoms with van der Waals surface area (Å²) in [5, 5.41) is 14.1. The number of thioether (sulfide) groups is 1. The molecule has 0 bridgehead atoms. The molecule has 0 unspecified atom stereocenters. The number of anilines is 1. The van der Waals surface area contributed by atoms with E-state index in [1.807, 2.05) is 36.0 Å². The van der Waals surface area contributed by atoms with Gasteiger partial charge >= 0.3 is 0 Å². The van der Waals surface area contributed by atoms with Crippen LogP contribution in [0.1, 0.15) is 18.4 Å². The number of benzene rings is 3. The van der Waals surface area contributed by atoms with Gasteiger partial charge in [-0.2, -0.15) is 0 Å². The van der Waals surface area contributed by atoms with E-state index in [-0.39, 0.29) is 5.75 Å². The zero-order valence-electron chi connectivity index (χ0n) is 16.8. The molecule has 1 aliphatic rings. The molecule has 0 heterocycles. The van der Waals surface area contributed by atoms with Crippen LogP contribution in [0, 0.1) is 5.92 Å². The van der Waals surface area contributed by atoms with E-state index in [1.54, 1.807) is 12.1 Å². The predicted molar refractivity (Wildman–Crippen MR) is 130 cm³/mol.